The van der Waals surface area contributed by atoms with Gasteiger partial charge in [-0.25, -0.2) is 8.78 Å². The molecule has 1 fully saturated rings. The Balaban J connectivity index is 1.38. The van der Waals surface area contributed by atoms with E-state index in [4.69, 9.17) is 19.9 Å². The maximum Gasteiger partial charge on any atom is 0.247 e. The van der Waals surface area contributed by atoms with Crippen molar-refractivity contribution in [2.24, 2.45) is 11.1 Å². The van der Waals surface area contributed by atoms with Crippen LogP contribution in [-0.2, 0) is 9.59 Å². The lowest BCUT2D eigenvalue weighted by Gasteiger charge is -2.26. The van der Waals surface area contributed by atoms with Gasteiger partial charge in [-0.05, 0) is 93.1 Å². The van der Waals surface area contributed by atoms with Crippen LogP contribution in [0.4, 0.5) is 20.2 Å². The topological polar surface area (TPSA) is 116 Å². The van der Waals surface area contributed by atoms with E-state index in [1.165, 1.54) is 48.4 Å². The summed E-state index contributed by atoms with van der Waals surface area (Å²) >= 11 is 4.20. The molecule has 1 aliphatic rings. The minimum absolute atomic E-state index is 0.112. The molecule has 0 unspecified atom stereocenters. The van der Waals surface area contributed by atoms with Crippen molar-refractivity contribution >= 4 is 46.7 Å². The molecule has 236 valence electrons. The van der Waals surface area contributed by atoms with E-state index >= 15 is 4.39 Å². The van der Waals surface area contributed by atoms with E-state index in [9.17, 15) is 14.0 Å². The number of amides is 2. The lowest BCUT2D eigenvalue weighted by atomic mass is 10.0. The van der Waals surface area contributed by atoms with Crippen molar-refractivity contribution in [2.45, 2.75) is 25.7 Å². The van der Waals surface area contributed by atoms with Crippen molar-refractivity contribution in [3.8, 4) is 23.0 Å². The lowest BCUT2D eigenvalue weighted by molar-refractivity contribution is -0.133. The third-order valence-corrected chi connectivity index (χ3v) is 7.88. The molecular weight excluding hydrogens is 602 g/mol. The summed E-state index contributed by atoms with van der Waals surface area (Å²) in [6.45, 7) is 2.19. The van der Waals surface area contributed by atoms with Gasteiger partial charge in [0, 0.05) is 29.4 Å². The zero-order valence-corrected chi connectivity index (χ0v) is 25.6. The zero-order valence-electron chi connectivity index (χ0n) is 24.7. The van der Waals surface area contributed by atoms with E-state index in [1.807, 2.05) is 0 Å². The predicted octanol–water partition coefficient (Wildman–Crippen LogP) is 5.92. The van der Waals surface area contributed by atoms with E-state index in [0.29, 0.717) is 34.8 Å². The summed E-state index contributed by atoms with van der Waals surface area (Å²) in [5.41, 5.74) is 5.11. The van der Waals surface area contributed by atoms with Crippen LogP contribution in [0.5, 0.6) is 23.0 Å². The van der Waals surface area contributed by atoms with Gasteiger partial charge in [-0.2, -0.15) is 12.6 Å². The largest absolute Gasteiger partial charge is 0.493 e. The van der Waals surface area contributed by atoms with Crippen LogP contribution in [0, 0.1) is 17.0 Å². The molecule has 9 nitrogen and oxygen atoms in total. The Hall–Kier alpha value is -4.42. The van der Waals surface area contributed by atoms with Crippen molar-refractivity contribution in [1.82, 2.24) is 10.3 Å². The molecule has 1 aliphatic carbocycles. The Labute approximate surface area is 265 Å². The summed E-state index contributed by atoms with van der Waals surface area (Å²) in [5, 5.41) is 3.90. The minimum atomic E-state index is -1.39. The van der Waals surface area contributed by atoms with Crippen LogP contribution in [0.25, 0.3) is 10.9 Å². The molecule has 1 heterocycles. The third kappa shape index (κ3) is 7.12. The van der Waals surface area contributed by atoms with Crippen molar-refractivity contribution in [1.29, 1.82) is 0 Å². The van der Waals surface area contributed by atoms with E-state index < -0.39 is 28.9 Å². The van der Waals surface area contributed by atoms with E-state index in [2.05, 4.69) is 22.9 Å². The summed E-state index contributed by atoms with van der Waals surface area (Å²) in [6.07, 6.45) is 3.90. The van der Waals surface area contributed by atoms with Gasteiger partial charge < -0.3 is 25.3 Å². The maximum absolute atomic E-state index is 15.6. The number of nitrogens with one attached hydrogen (secondary N) is 1. The summed E-state index contributed by atoms with van der Waals surface area (Å²) in [4.78, 5) is 31.3. The molecule has 0 saturated heterocycles. The van der Waals surface area contributed by atoms with Crippen molar-refractivity contribution in [3.05, 3.63) is 78.5 Å². The summed E-state index contributed by atoms with van der Waals surface area (Å²) in [7, 11) is 1.53. The number of benzene rings is 3. The van der Waals surface area contributed by atoms with Crippen molar-refractivity contribution in [2.75, 3.05) is 37.5 Å². The number of pyridine rings is 1. The number of methoxy groups -OCH3 is 1. The van der Waals surface area contributed by atoms with Crippen LogP contribution in [0.1, 0.15) is 25.7 Å². The summed E-state index contributed by atoms with van der Waals surface area (Å²) in [5.74, 6) is -0.604. The molecule has 0 spiro atoms. The van der Waals surface area contributed by atoms with Gasteiger partial charge in [0.15, 0.2) is 23.1 Å². The van der Waals surface area contributed by atoms with Crippen molar-refractivity contribution < 1.29 is 32.6 Å². The van der Waals surface area contributed by atoms with E-state index in [1.54, 1.807) is 24.4 Å². The summed E-state index contributed by atoms with van der Waals surface area (Å²) in [6, 6.07) is 14.2. The lowest BCUT2D eigenvalue weighted by Crippen LogP contribution is -2.41. The molecule has 12 heteroatoms. The third-order valence-electron chi connectivity index (χ3n) is 7.57. The fourth-order valence-electron chi connectivity index (χ4n) is 4.91. The fraction of sp³-hybridized carbons (Fsp3) is 0.303. The predicted molar refractivity (Wildman–Crippen MR) is 171 cm³/mol. The number of hydrogen-bond acceptors (Lipinski definition) is 8. The monoisotopic (exact) mass is 636 g/mol. The number of thiol groups is 1. The second-order valence-corrected chi connectivity index (χ2v) is 11.1. The quantitative estimate of drug-likeness (QED) is 0.0843. The Bertz CT molecular complexity index is 1680. The van der Waals surface area contributed by atoms with Gasteiger partial charge in [-0.3, -0.25) is 19.5 Å². The molecular formula is C33H34F2N4O5S. The second kappa shape index (κ2) is 14.1. The number of fused-ring (bicyclic) bond motifs is 1. The molecule has 3 aromatic carbocycles. The molecule has 0 radical (unpaired) electrons. The summed E-state index contributed by atoms with van der Waals surface area (Å²) < 4.78 is 46.8. The number of primary amides is 1. The molecule has 0 bridgehead atoms. The smallest absolute Gasteiger partial charge is 0.247 e. The number of aromatic nitrogens is 1. The van der Waals surface area contributed by atoms with E-state index in [0.717, 1.165) is 37.8 Å². The van der Waals surface area contributed by atoms with Crippen LogP contribution in [0.15, 0.2) is 66.9 Å². The number of ether oxygens (including phenoxy) is 3. The van der Waals surface area contributed by atoms with Crippen LogP contribution in [-0.4, -0.2) is 49.4 Å². The van der Waals surface area contributed by atoms with Crippen LogP contribution < -0.4 is 30.2 Å². The first-order valence-corrected chi connectivity index (χ1v) is 15.2. The molecule has 0 atom stereocenters. The Morgan fingerprint density at radius 3 is 2.36 bits per heavy atom. The SMILES string of the molecule is COc1cc2c(Oc3ccc(N(C(=O)C4(C(N)=O)CC4)c4ccc(F)cc4)cc3F)ccnc2cc1OCCCNCCCS. The first-order chi connectivity index (χ1) is 21.8. The number of nitrogens with two attached hydrogens (primary N) is 1. The highest BCUT2D eigenvalue weighted by atomic mass is 32.1. The first-order valence-electron chi connectivity index (χ1n) is 14.6. The van der Waals surface area contributed by atoms with Gasteiger partial charge in [0.1, 0.15) is 17.0 Å². The van der Waals surface area contributed by atoms with Gasteiger partial charge in [-0.1, -0.05) is 0 Å². The molecule has 1 saturated carbocycles. The van der Waals surface area contributed by atoms with Gasteiger partial charge >= 0.3 is 0 Å². The van der Waals surface area contributed by atoms with Crippen molar-refractivity contribution in [3.63, 3.8) is 0 Å². The molecule has 3 N–H and O–H groups in total. The molecule has 5 rings (SSSR count). The maximum atomic E-state index is 15.6. The highest BCUT2D eigenvalue weighted by molar-refractivity contribution is 7.80. The fourth-order valence-corrected chi connectivity index (χ4v) is 5.06. The van der Waals surface area contributed by atoms with Gasteiger partial charge in [0.25, 0.3) is 0 Å². The highest BCUT2D eigenvalue weighted by Crippen LogP contribution is 2.49. The minimum Gasteiger partial charge on any atom is -0.493 e. The van der Waals surface area contributed by atoms with Gasteiger partial charge in [-0.15, -0.1) is 0 Å². The Morgan fingerprint density at radius 2 is 1.69 bits per heavy atom. The second-order valence-electron chi connectivity index (χ2n) is 10.6. The van der Waals surface area contributed by atoms with Crippen LogP contribution in [0.3, 0.4) is 0 Å². The molecule has 2 amide bonds. The molecule has 4 aromatic rings. The number of halogens is 2. The standard InChI is InChI=1S/C33H34F2N4O5S/c1-42-29-19-24-26(20-30(29)43-16-2-13-37-14-3-17-45)38-15-10-27(24)44-28-9-8-23(18-25(28)35)39(22-6-4-21(34)5-7-22)32(41)33(11-12-33)31(36)40/h4-10,15,18-20,37,45H,2-3,11-14,16-17H2,1H3,(H2,36,40). The van der Waals surface area contributed by atoms with Crippen LogP contribution >= 0.6 is 12.6 Å². The van der Waals surface area contributed by atoms with Crippen LogP contribution in [0.2, 0.25) is 0 Å². The normalized spacial score (nSPS) is 13.3. The number of carbonyl (C=O) groups is 2. The molecule has 1 aromatic heterocycles. The molecule has 0 aliphatic heterocycles. The number of anilines is 2. The Morgan fingerprint density at radius 1 is 0.956 bits per heavy atom. The zero-order chi connectivity index (χ0) is 32.0. The number of rotatable bonds is 15. The first kappa shape index (κ1) is 32.0. The Kier molecular flexibility index (Phi) is 10.0. The average Bonchev–Trinajstić information content (AvgIpc) is 3.85. The van der Waals surface area contributed by atoms with E-state index in [-0.39, 0.29) is 30.0 Å². The number of carbonyl (C=O) groups excluding carboxylic acids is 2. The number of hydrogen-bond donors (Lipinski definition) is 3. The highest BCUT2D eigenvalue weighted by Gasteiger charge is 2.57. The molecule has 45 heavy (non-hydrogen) atoms. The average molecular weight is 637 g/mol. The van der Waals surface area contributed by atoms with Gasteiger partial charge in [0.2, 0.25) is 11.8 Å². The van der Waals surface area contributed by atoms with Gasteiger partial charge in [0.05, 0.1) is 24.9 Å². The number of nitrogens with zero attached hydrogens (tertiary/aromatic N) is 2.